The number of aryl methyl sites for hydroxylation is 1. The Morgan fingerprint density at radius 1 is 1.13 bits per heavy atom. The zero-order valence-corrected chi connectivity index (χ0v) is 25.6. The molecule has 4 aromatic rings. The Morgan fingerprint density at radius 2 is 1.85 bits per heavy atom. The first-order valence-corrected chi connectivity index (χ1v) is 14.4. The van der Waals surface area contributed by atoms with E-state index in [1.807, 2.05) is 0 Å². The van der Waals surface area contributed by atoms with Gasteiger partial charge in [-0.05, 0) is 31.5 Å². The summed E-state index contributed by atoms with van der Waals surface area (Å²) in [6.45, 7) is 3.82. The molecule has 0 atom stereocenters. The van der Waals surface area contributed by atoms with Crippen LogP contribution in [0.1, 0.15) is 34.4 Å². The number of carbonyl (C=O) groups is 2. The summed E-state index contributed by atoms with van der Waals surface area (Å²) in [6.07, 6.45) is -1.82. The second-order valence-corrected chi connectivity index (χ2v) is 10.7. The number of carbonyl (C=O) groups excluding carboxylic acids is 2. The number of pyridine rings is 1. The summed E-state index contributed by atoms with van der Waals surface area (Å²) >= 11 is 6.05. The molecular weight excluding hydrogens is 633 g/mol. The molecule has 0 spiro atoms. The summed E-state index contributed by atoms with van der Waals surface area (Å²) in [5.74, 6) is -1.35. The molecule has 2 N–H and O–H groups in total. The van der Waals surface area contributed by atoms with Crippen molar-refractivity contribution in [2.75, 3.05) is 43.5 Å². The van der Waals surface area contributed by atoms with E-state index in [2.05, 4.69) is 25.3 Å². The molecule has 3 aromatic heterocycles. The Balaban J connectivity index is 1.48. The van der Waals surface area contributed by atoms with Gasteiger partial charge < -0.3 is 29.5 Å². The highest BCUT2D eigenvalue weighted by atomic mass is 35.5. The number of methoxy groups -OCH3 is 1. The lowest BCUT2D eigenvalue weighted by atomic mass is 10.1. The molecule has 1 saturated heterocycles. The van der Waals surface area contributed by atoms with Crippen LogP contribution in [-0.4, -0.2) is 79.6 Å². The van der Waals surface area contributed by atoms with Gasteiger partial charge >= 0.3 is 6.18 Å². The third-order valence-electron chi connectivity index (χ3n) is 7.52. The molecule has 2 amide bonds. The van der Waals surface area contributed by atoms with E-state index < -0.39 is 29.0 Å². The Kier molecular flexibility index (Phi) is 9.01. The summed E-state index contributed by atoms with van der Waals surface area (Å²) in [7, 11) is 1.37. The number of rotatable bonds is 7. The van der Waals surface area contributed by atoms with E-state index in [0.717, 1.165) is 18.2 Å². The summed E-state index contributed by atoms with van der Waals surface area (Å²) < 4.78 is 46.0. The second-order valence-electron chi connectivity index (χ2n) is 10.3. The van der Waals surface area contributed by atoms with Gasteiger partial charge in [-0.2, -0.15) is 13.2 Å². The van der Waals surface area contributed by atoms with E-state index in [9.17, 15) is 32.7 Å². The Bertz CT molecular complexity index is 1890. The van der Waals surface area contributed by atoms with Gasteiger partial charge in [0.2, 0.25) is 17.2 Å². The normalized spacial score (nSPS) is 13.6. The number of nitrogens with one attached hydrogen (secondary N) is 1. The van der Waals surface area contributed by atoms with Gasteiger partial charge in [-0.25, -0.2) is 19.9 Å². The lowest BCUT2D eigenvalue weighted by Crippen LogP contribution is -2.50. The average molecular weight is 661 g/mol. The molecule has 242 valence electrons. The third kappa shape index (κ3) is 6.24. The number of hydrogen-bond donors (Lipinski definition) is 2. The molecule has 17 heteroatoms. The van der Waals surface area contributed by atoms with Crippen molar-refractivity contribution in [1.29, 1.82) is 0 Å². The molecule has 0 unspecified atom stereocenters. The first kappa shape index (κ1) is 32.4. The molecule has 1 aliphatic heterocycles. The zero-order chi connectivity index (χ0) is 33.3. The predicted octanol–water partition coefficient (Wildman–Crippen LogP) is 3.44. The van der Waals surface area contributed by atoms with Crippen LogP contribution in [0.5, 0.6) is 11.6 Å². The molecule has 5 rings (SSSR count). The monoisotopic (exact) mass is 660 g/mol. The van der Waals surface area contributed by atoms with E-state index in [1.54, 1.807) is 18.7 Å². The molecule has 46 heavy (non-hydrogen) atoms. The number of aromatic nitrogens is 5. The first-order chi connectivity index (χ1) is 21.8. The predicted molar refractivity (Wildman–Crippen MR) is 161 cm³/mol. The van der Waals surface area contributed by atoms with Gasteiger partial charge in [0.25, 0.3) is 5.91 Å². The number of anilines is 2. The molecule has 0 radical (unpaired) electrons. The molecule has 0 saturated carbocycles. The average Bonchev–Trinajstić information content (AvgIpc) is 3.03. The van der Waals surface area contributed by atoms with Crippen LogP contribution in [0.2, 0.25) is 5.02 Å². The maximum absolute atomic E-state index is 13.9. The maximum atomic E-state index is 13.9. The summed E-state index contributed by atoms with van der Waals surface area (Å²) in [4.78, 5) is 60.1. The Hall–Kier alpha value is -4.99. The lowest BCUT2D eigenvalue weighted by molar-refractivity contribution is -0.137. The fourth-order valence-electron chi connectivity index (χ4n) is 5.20. The number of alkyl halides is 3. The standard InChI is InChI=1S/C29H28ClF3N8O5/c1-4-19-24(39-7-9-40(10-8-39)28(45)23-25(43)15(2)35-14-36-23)26(44)22-27(34-12-21(38-22)46-3)41(19)13-20(42)37-18-6-5-16(11-17(18)30)29(31,32)33/h5-6,11-12,14,43H,4,7-10,13H2,1-3H3,(H,37,42). The SMILES string of the molecule is CCc1c(N2CCN(C(=O)c3ncnc(C)c3O)CC2)c(=O)c2nc(OC)cnc2n1CC(=O)Nc1ccc(C(F)(F)F)cc1Cl. The van der Waals surface area contributed by atoms with Gasteiger partial charge in [0.1, 0.15) is 18.6 Å². The van der Waals surface area contributed by atoms with Crippen molar-refractivity contribution >= 4 is 46.0 Å². The minimum atomic E-state index is -4.61. The van der Waals surface area contributed by atoms with Gasteiger partial charge in [-0.3, -0.25) is 14.4 Å². The van der Waals surface area contributed by atoms with Crippen molar-refractivity contribution in [1.82, 2.24) is 29.4 Å². The van der Waals surface area contributed by atoms with Crippen molar-refractivity contribution in [3.8, 4) is 11.6 Å². The quantitative estimate of drug-likeness (QED) is 0.301. The number of piperazine rings is 1. The number of ether oxygens (including phenoxy) is 1. The highest BCUT2D eigenvalue weighted by Crippen LogP contribution is 2.34. The zero-order valence-electron chi connectivity index (χ0n) is 24.9. The van der Waals surface area contributed by atoms with Crippen molar-refractivity contribution < 1.29 is 32.6 Å². The van der Waals surface area contributed by atoms with Gasteiger partial charge in [-0.15, -0.1) is 0 Å². The molecular formula is C29H28ClF3N8O5. The number of halogens is 4. The van der Waals surface area contributed by atoms with Crippen molar-refractivity contribution in [2.45, 2.75) is 33.0 Å². The maximum Gasteiger partial charge on any atom is 0.416 e. The molecule has 1 aromatic carbocycles. The van der Waals surface area contributed by atoms with Gasteiger partial charge in [0.05, 0.1) is 35.3 Å². The van der Waals surface area contributed by atoms with Crippen molar-refractivity contribution in [3.05, 3.63) is 68.6 Å². The first-order valence-electron chi connectivity index (χ1n) is 14.0. The second kappa shape index (κ2) is 12.8. The fourth-order valence-corrected chi connectivity index (χ4v) is 5.43. The number of nitrogens with zero attached hydrogens (tertiary/aromatic N) is 7. The number of benzene rings is 1. The van der Waals surface area contributed by atoms with Crippen LogP contribution in [0.3, 0.4) is 0 Å². The minimum absolute atomic E-state index is 0.0262. The van der Waals surface area contributed by atoms with Gasteiger partial charge in [0.15, 0.2) is 22.6 Å². The van der Waals surface area contributed by atoms with Gasteiger partial charge in [0, 0.05) is 31.9 Å². The van der Waals surface area contributed by atoms with Crippen LogP contribution in [0.25, 0.3) is 11.2 Å². The van der Waals surface area contributed by atoms with Crippen LogP contribution >= 0.6 is 11.6 Å². The number of hydrogen-bond acceptors (Lipinski definition) is 10. The molecule has 0 aliphatic carbocycles. The summed E-state index contributed by atoms with van der Waals surface area (Å²) in [5, 5.41) is 12.5. The lowest BCUT2D eigenvalue weighted by Gasteiger charge is -2.37. The highest BCUT2D eigenvalue weighted by Gasteiger charge is 2.32. The van der Waals surface area contributed by atoms with Crippen LogP contribution in [0.15, 0.2) is 35.5 Å². The van der Waals surface area contributed by atoms with E-state index in [1.165, 1.54) is 29.1 Å². The molecule has 0 bridgehead atoms. The topological polar surface area (TPSA) is 156 Å². The summed E-state index contributed by atoms with van der Waals surface area (Å²) in [6, 6.07) is 2.59. The molecule has 1 aliphatic rings. The largest absolute Gasteiger partial charge is 0.504 e. The highest BCUT2D eigenvalue weighted by molar-refractivity contribution is 6.33. The Labute approximate surface area is 264 Å². The summed E-state index contributed by atoms with van der Waals surface area (Å²) in [5.41, 5.74) is -0.552. The molecule has 4 heterocycles. The fraction of sp³-hybridized carbons (Fsp3) is 0.345. The molecule has 13 nitrogen and oxygen atoms in total. The minimum Gasteiger partial charge on any atom is -0.504 e. The van der Waals surface area contributed by atoms with Crippen LogP contribution < -0.4 is 20.4 Å². The smallest absolute Gasteiger partial charge is 0.416 e. The van der Waals surface area contributed by atoms with Crippen molar-refractivity contribution in [2.24, 2.45) is 0 Å². The third-order valence-corrected chi connectivity index (χ3v) is 7.84. The van der Waals surface area contributed by atoms with Crippen LogP contribution in [0.4, 0.5) is 24.5 Å². The van der Waals surface area contributed by atoms with Crippen LogP contribution in [-0.2, 0) is 23.9 Å². The van der Waals surface area contributed by atoms with Gasteiger partial charge in [-0.1, -0.05) is 18.5 Å². The van der Waals surface area contributed by atoms with E-state index >= 15 is 0 Å². The number of amides is 2. The molecule has 1 fully saturated rings. The number of aromatic hydroxyl groups is 1. The Morgan fingerprint density at radius 3 is 2.48 bits per heavy atom. The van der Waals surface area contributed by atoms with Crippen LogP contribution in [0, 0.1) is 6.92 Å². The van der Waals surface area contributed by atoms with E-state index in [4.69, 9.17) is 16.3 Å². The van der Waals surface area contributed by atoms with E-state index in [0.29, 0.717) is 5.69 Å². The van der Waals surface area contributed by atoms with Crippen molar-refractivity contribution in [3.63, 3.8) is 0 Å². The van der Waals surface area contributed by atoms with E-state index in [-0.39, 0.29) is 89.7 Å². The number of fused-ring (bicyclic) bond motifs is 1.